The quantitative estimate of drug-likeness (QED) is 0.0511. The van der Waals surface area contributed by atoms with Crippen LogP contribution in [0.3, 0.4) is 0 Å². The Bertz CT molecular complexity index is 2050. The molecular formula is C50H76O19. The second kappa shape index (κ2) is 18.8. The highest BCUT2D eigenvalue weighted by Gasteiger charge is 2.77. The van der Waals surface area contributed by atoms with Gasteiger partial charge in [-0.15, -0.1) is 0 Å². The van der Waals surface area contributed by atoms with Crippen LogP contribution < -0.4 is 0 Å². The van der Waals surface area contributed by atoms with Crippen LogP contribution in [0.1, 0.15) is 115 Å². The molecule has 2 heterocycles. The van der Waals surface area contributed by atoms with Crippen LogP contribution in [0, 0.1) is 50.2 Å². The predicted molar refractivity (Wildman–Crippen MR) is 240 cm³/mol. The van der Waals surface area contributed by atoms with Crippen molar-refractivity contribution in [2.75, 3.05) is 13.2 Å². The first-order valence-corrected chi connectivity index (χ1v) is 24.4. The van der Waals surface area contributed by atoms with Gasteiger partial charge in [-0.25, -0.2) is 9.59 Å². The number of carboxylic acids is 1. The Balaban J connectivity index is 1.24. The largest absolute Gasteiger partial charge is 0.479 e. The van der Waals surface area contributed by atoms with Crippen molar-refractivity contribution in [3.8, 4) is 0 Å². The lowest BCUT2D eigenvalue weighted by molar-refractivity contribution is -0.357. The van der Waals surface area contributed by atoms with Gasteiger partial charge in [0.1, 0.15) is 54.9 Å². The summed E-state index contributed by atoms with van der Waals surface area (Å²) in [4.78, 5) is 52.2. The molecule has 2 saturated heterocycles. The van der Waals surface area contributed by atoms with E-state index in [1.165, 1.54) is 13.8 Å². The summed E-state index contributed by atoms with van der Waals surface area (Å²) in [6.07, 6.45) is -14.6. The summed E-state index contributed by atoms with van der Waals surface area (Å²) < 4.78 is 42.0. The molecule has 8 N–H and O–H groups in total. The van der Waals surface area contributed by atoms with Crippen LogP contribution in [0.25, 0.3) is 0 Å². The van der Waals surface area contributed by atoms with Gasteiger partial charge in [-0.3, -0.25) is 9.59 Å². The Labute approximate surface area is 403 Å². The van der Waals surface area contributed by atoms with Crippen LogP contribution in [-0.2, 0) is 52.3 Å². The lowest BCUT2D eigenvalue weighted by Gasteiger charge is -2.73. The number of aliphatic hydroxyl groups excluding tert-OH is 7. The first-order valence-electron chi connectivity index (χ1n) is 24.4. The summed E-state index contributed by atoms with van der Waals surface area (Å²) in [6, 6.07) is 0. The van der Waals surface area contributed by atoms with Crippen molar-refractivity contribution in [3.05, 3.63) is 23.3 Å². The smallest absolute Gasteiger partial charge is 0.335 e. The molecule has 0 spiro atoms. The van der Waals surface area contributed by atoms with Gasteiger partial charge in [0.05, 0.1) is 24.7 Å². The molecule has 7 rings (SSSR count). The summed E-state index contributed by atoms with van der Waals surface area (Å²) in [5, 5.41) is 88.5. The Hall–Kier alpha value is -3.08. The highest BCUT2D eigenvalue weighted by atomic mass is 16.7. The van der Waals surface area contributed by atoms with Gasteiger partial charge in [-0.05, 0) is 86.4 Å². The molecule has 19 heteroatoms. The van der Waals surface area contributed by atoms with E-state index in [0.29, 0.717) is 38.5 Å². The van der Waals surface area contributed by atoms with Crippen molar-refractivity contribution in [2.24, 2.45) is 50.2 Å². The zero-order chi connectivity index (χ0) is 51.3. The molecule has 0 amide bonds. The minimum atomic E-state index is -1.95. The molecule has 0 bridgehead atoms. The van der Waals surface area contributed by atoms with Crippen molar-refractivity contribution >= 4 is 23.9 Å². The van der Waals surface area contributed by atoms with Gasteiger partial charge < -0.3 is 74.0 Å². The molecule has 21 unspecified atom stereocenters. The molecule has 2 aliphatic heterocycles. The first kappa shape index (κ1) is 53.7. The van der Waals surface area contributed by atoms with Gasteiger partial charge in [0.25, 0.3) is 0 Å². The minimum absolute atomic E-state index is 0.0540. The van der Waals surface area contributed by atoms with E-state index in [9.17, 15) is 60.0 Å². The number of carbonyl (C=O) groups excluding carboxylic acids is 3. The Morgan fingerprint density at radius 2 is 1.41 bits per heavy atom. The third kappa shape index (κ3) is 8.30. The van der Waals surface area contributed by atoms with E-state index in [0.717, 1.165) is 5.57 Å². The SMILES string of the molecule is CC=C(C)C(=O)OC1C(OC(C)=O)C(C)(C)CC2C3=CCC4C5(C)CCC(OC6OC(C(=O)O)C(O)C(OC7OCC(O)C(O)C7O)C6O)C(C)(C)C5CCC4(C)C3(C)C(OC(C)=O)C(O)C21CO. The zero-order valence-corrected chi connectivity index (χ0v) is 41.7. The maximum Gasteiger partial charge on any atom is 0.335 e. The number of fused-ring (bicyclic) bond motifs is 7. The summed E-state index contributed by atoms with van der Waals surface area (Å²) >= 11 is 0. The van der Waals surface area contributed by atoms with E-state index in [4.69, 9.17) is 33.2 Å². The average Bonchev–Trinajstić information content (AvgIpc) is 3.26. The topological polar surface area (TPSA) is 295 Å². The molecule has 5 aliphatic carbocycles. The summed E-state index contributed by atoms with van der Waals surface area (Å²) in [6.45, 7) is 19.1. The fourth-order valence-electron chi connectivity index (χ4n) is 14.9. The molecule has 7 aliphatic rings. The molecule has 4 saturated carbocycles. The van der Waals surface area contributed by atoms with Crippen molar-refractivity contribution in [1.29, 1.82) is 0 Å². The van der Waals surface area contributed by atoms with Gasteiger partial charge in [0.15, 0.2) is 24.8 Å². The number of hydrogen-bond acceptors (Lipinski definition) is 18. The molecule has 390 valence electrons. The number of ether oxygens (including phenoxy) is 7. The lowest BCUT2D eigenvalue weighted by atomic mass is 9.32. The zero-order valence-electron chi connectivity index (χ0n) is 41.7. The van der Waals surface area contributed by atoms with Crippen molar-refractivity contribution in [1.82, 2.24) is 0 Å². The van der Waals surface area contributed by atoms with Crippen molar-refractivity contribution < 1.29 is 93.2 Å². The molecule has 69 heavy (non-hydrogen) atoms. The first-order chi connectivity index (χ1) is 32.0. The normalized spacial score (nSPS) is 48.0. The summed E-state index contributed by atoms with van der Waals surface area (Å²) in [7, 11) is 0. The van der Waals surface area contributed by atoms with Crippen molar-refractivity contribution in [3.63, 3.8) is 0 Å². The molecule has 21 atom stereocenters. The Morgan fingerprint density at radius 1 is 0.768 bits per heavy atom. The average molecular weight is 981 g/mol. The monoisotopic (exact) mass is 980 g/mol. The fourth-order valence-corrected chi connectivity index (χ4v) is 14.9. The van der Waals surface area contributed by atoms with E-state index in [-0.39, 0.29) is 17.4 Å². The van der Waals surface area contributed by atoms with E-state index in [1.807, 2.05) is 20.8 Å². The second-order valence-corrected chi connectivity index (χ2v) is 23.1. The number of aliphatic hydroxyl groups is 7. The number of carboxylic acid groups (broad SMARTS) is 1. The number of esters is 3. The second-order valence-electron chi connectivity index (χ2n) is 23.1. The van der Waals surface area contributed by atoms with Gasteiger partial charge in [0.2, 0.25) is 0 Å². The molecule has 0 aromatic carbocycles. The van der Waals surface area contributed by atoms with Crippen LogP contribution in [0.5, 0.6) is 0 Å². The molecule has 0 radical (unpaired) electrons. The Morgan fingerprint density at radius 3 is 2.00 bits per heavy atom. The standard InChI is InChI=1S/C50H76O19/c1-12-22(2)42(62)69-40-39(65-24(4)53)45(5,6)19-26-25-13-14-29-47(9)17-16-30(66-44-34(58)35(33(57)36(68-44)41(60)61)67-43-32(56)31(55)27(54)20-63-43)46(7,8)28(47)15-18-48(29,10)49(25,11)38(64-23(3)52)37(59)50(26,40)21-51/h12-13,26-40,43-44,51,54-59H,14-21H2,1-11H3,(H,60,61). The van der Waals surface area contributed by atoms with Crippen LogP contribution in [0.4, 0.5) is 0 Å². The molecule has 0 aromatic rings. The van der Waals surface area contributed by atoms with Crippen molar-refractivity contribution in [2.45, 2.75) is 201 Å². The maximum absolute atomic E-state index is 13.7. The minimum Gasteiger partial charge on any atom is -0.479 e. The fraction of sp³-hybridized carbons (Fsp3) is 0.840. The van der Waals surface area contributed by atoms with Gasteiger partial charge in [-0.1, -0.05) is 66.2 Å². The molecule has 0 aromatic heterocycles. The third-order valence-corrected chi connectivity index (χ3v) is 18.8. The number of aliphatic carboxylic acids is 1. The van der Waals surface area contributed by atoms with Gasteiger partial charge in [-0.2, -0.15) is 0 Å². The highest BCUT2D eigenvalue weighted by Crippen LogP contribution is 2.76. The van der Waals surface area contributed by atoms with Gasteiger partial charge in [0, 0.05) is 30.3 Å². The lowest BCUT2D eigenvalue weighted by Crippen LogP contribution is -2.77. The van der Waals surface area contributed by atoms with Crippen LogP contribution in [0.2, 0.25) is 0 Å². The number of hydrogen-bond donors (Lipinski definition) is 8. The molecular weight excluding hydrogens is 905 g/mol. The predicted octanol–water partition coefficient (Wildman–Crippen LogP) is 2.06. The highest BCUT2D eigenvalue weighted by molar-refractivity contribution is 5.88. The molecule has 19 nitrogen and oxygen atoms in total. The number of allylic oxidation sites excluding steroid dienone is 2. The van der Waals surface area contributed by atoms with Crippen LogP contribution in [0.15, 0.2) is 23.3 Å². The summed E-state index contributed by atoms with van der Waals surface area (Å²) in [5.74, 6) is -4.32. The number of rotatable bonds is 10. The maximum atomic E-state index is 13.7. The van der Waals surface area contributed by atoms with E-state index >= 15 is 0 Å². The van der Waals surface area contributed by atoms with Gasteiger partial charge >= 0.3 is 23.9 Å². The Kier molecular flexibility index (Phi) is 14.6. The number of carbonyl (C=O) groups is 4. The van der Waals surface area contributed by atoms with E-state index in [2.05, 4.69) is 33.8 Å². The third-order valence-electron chi connectivity index (χ3n) is 18.8. The molecule has 6 fully saturated rings. The summed E-state index contributed by atoms with van der Waals surface area (Å²) in [5.41, 5.74) is -4.16. The van der Waals surface area contributed by atoms with Crippen LogP contribution >= 0.6 is 0 Å². The van der Waals surface area contributed by atoms with E-state index < -0.39 is 161 Å². The van der Waals surface area contributed by atoms with Crippen LogP contribution in [-0.4, -0.2) is 164 Å². The van der Waals surface area contributed by atoms with E-state index in [1.54, 1.807) is 19.9 Å².